The van der Waals surface area contributed by atoms with E-state index in [1.165, 1.54) is 5.56 Å². The first-order valence-corrected chi connectivity index (χ1v) is 7.52. The summed E-state index contributed by atoms with van der Waals surface area (Å²) in [4.78, 5) is 0. The summed E-state index contributed by atoms with van der Waals surface area (Å²) >= 11 is 9.92. The molecule has 0 amide bonds. The van der Waals surface area contributed by atoms with Crippen LogP contribution in [0.4, 0.5) is 0 Å². The van der Waals surface area contributed by atoms with Gasteiger partial charge < -0.3 is 0 Å². The molecular weight excluding hydrogens is 340 g/mol. The molecule has 0 aliphatic rings. The average molecular weight is 358 g/mol. The van der Waals surface area contributed by atoms with Gasteiger partial charge >= 0.3 is 0 Å². The van der Waals surface area contributed by atoms with Crippen molar-refractivity contribution >= 4 is 27.5 Å². The van der Waals surface area contributed by atoms with Gasteiger partial charge in [0.25, 0.3) is 0 Å². The van der Waals surface area contributed by atoms with Crippen molar-refractivity contribution in [2.75, 3.05) is 0 Å². The zero-order valence-electron chi connectivity index (χ0n) is 11.7. The highest BCUT2D eigenvalue weighted by Crippen LogP contribution is 2.30. The number of benzene rings is 1. The van der Waals surface area contributed by atoms with Gasteiger partial charge in [-0.2, -0.15) is 5.10 Å². The molecule has 1 heterocycles. The summed E-state index contributed by atoms with van der Waals surface area (Å²) < 4.78 is 2.76. The SMILES string of the molecule is Cc1cccc(C(Cc2c(C)nn(C)c2Cl)NN)c1Br. The smallest absolute Gasteiger partial charge is 0.130 e. The number of aryl methyl sites for hydroxylation is 3. The number of hydrazine groups is 1. The second-order valence-corrected chi connectivity index (χ2v) is 6.03. The Balaban J connectivity index is 2.36. The predicted molar refractivity (Wildman–Crippen MR) is 85.6 cm³/mol. The third kappa shape index (κ3) is 2.91. The molecular formula is C14H18BrClN4. The second kappa shape index (κ2) is 6.26. The highest BCUT2D eigenvalue weighted by atomic mass is 79.9. The predicted octanol–water partition coefficient (Wildman–Crippen LogP) is 3.20. The molecule has 0 bridgehead atoms. The van der Waals surface area contributed by atoms with E-state index in [4.69, 9.17) is 17.4 Å². The minimum Gasteiger partial charge on any atom is -0.271 e. The van der Waals surface area contributed by atoms with Gasteiger partial charge in [-0.1, -0.05) is 45.7 Å². The summed E-state index contributed by atoms with van der Waals surface area (Å²) in [5.41, 5.74) is 7.12. The normalized spacial score (nSPS) is 12.7. The van der Waals surface area contributed by atoms with Crippen LogP contribution in [0.15, 0.2) is 22.7 Å². The van der Waals surface area contributed by atoms with Crippen LogP contribution in [0, 0.1) is 13.8 Å². The van der Waals surface area contributed by atoms with Crippen LogP contribution in [0.1, 0.15) is 28.4 Å². The summed E-state index contributed by atoms with van der Waals surface area (Å²) in [6.07, 6.45) is 0.692. The van der Waals surface area contributed by atoms with E-state index in [0.29, 0.717) is 11.6 Å². The van der Waals surface area contributed by atoms with Crippen LogP contribution in [-0.2, 0) is 13.5 Å². The molecule has 20 heavy (non-hydrogen) atoms. The molecule has 108 valence electrons. The van der Waals surface area contributed by atoms with Gasteiger partial charge in [-0.15, -0.1) is 0 Å². The first kappa shape index (κ1) is 15.5. The zero-order chi connectivity index (χ0) is 14.9. The third-order valence-electron chi connectivity index (χ3n) is 3.48. The van der Waals surface area contributed by atoms with Gasteiger partial charge in [0.05, 0.1) is 11.7 Å². The van der Waals surface area contributed by atoms with Gasteiger partial charge in [-0.05, 0) is 31.4 Å². The van der Waals surface area contributed by atoms with Crippen LogP contribution in [0.25, 0.3) is 0 Å². The zero-order valence-corrected chi connectivity index (χ0v) is 14.1. The lowest BCUT2D eigenvalue weighted by atomic mass is 9.98. The monoisotopic (exact) mass is 356 g/mol. The lowest BCUT2D eigenvalue weighted by molar-refractivity contribution is 0.548. The summed E-state index contributed by atoms with van der Waals surface area (Å²) in [6, 6.07) is 6.12. The van der Waals surface area contributed by atoms with E-state index in [-0.39, 0.29) is 6.04 Å². The molecule has 2 aromatic rings. The van der Waals surface area contributed by atoms with Crippen molar-refractivity contribution in [2.24, 2.45) is 12.9 Å². The van der Waals surface area contributed by atoms with Gasteiger partial charge in [0.2, 0.25) is 0 Å². The van der Waals surface area contributed by atoms with E-state index in [0.717, 1.165) is 21.3 Å². The number of aromatic nitrogens is 2. The molecule has 0 spiro atoms. The van der Waals surface area contributed by atoms with Crippen LogP contribution in [0.5, 0.6) is 0 Å². The van der Waals surface area contributed by atoms with Gasteiger partial charge in [0, 0.05) is 17.1 Å². The number of nitrogens with one attached hydrogen (secondary N) is 1. The maximum Gasteiger partial charge on any atom is 0.130 e. The number of halogens is 2. The molecule has 6 heteroatoms. The van der Waals surface area contributed by atoms with E-state index in [1.807, 2.05) is 20.0 Å². The number of nitrogens with zero attached hydrogens (tertiary/aromatic N) is 2. The van der Waals surface area contributed by atoms with Crippen LogP contribution in [0.3, 0.4) is 0 Å². The molecule has 1 unspecified atom stereocenters. The maximum absolute atomic E-state index is 6.29. The Morgan fingerprint density at radius 1 is 1.45 bits per heavy atom. The fraction of sp³-hybridized carbons (Fsp3) is 0.357. The first-order valence-electron chi connectivity index (χ1n) is 6.34. The fourth-order valence-corrected chi connectivity index (χ4v) is 3.10. The Morgan fingerprint density at radius 3 is 2.70 bits per heavy atom. The Morgan fingerprint density at radius 2 is 2.15 bits per heavy atom. The molecule has 1 aromatic heterocycles. The quantitative estimate of drug-likeness (QED) is 0.652. The van der Waals surface area contributed by atoms with E-state index in [1.54, 1.807) is 4.68 Å². The fourth-order valence-electron chi connectivity index (χ4n) is 2.31. The van der Waals surface area contributed by atoms with E-state index in [2.05, 4.69) is 45.5 Å². The van der Waals surface area contributed by atoms with Crippen LogP contribution >= 0.6 is 27.5 Å². The highest BCUT2D eigenvalue weighted by Gasteiger charge is 2.19. The summed E-state index contributed by atoms with van der Waals surface area (Å²) in [6.45, 7) is 4.02. The van der Waals surface area contributed by atoms with Crippen molar-refractivity contribution < 1.29 is 0 Å². The summed E-state index contributed by atoms with van der Waals surface area (Å²) in [5.74, 6) is 5.74. The van der Waals surface area contributed by atoms with Gasteiger partial charge in [-0.25, -0.2) is 0 Å². The van der Waals surface area contributed by atoms with Crippen molar-refractivity contribution in [1.82, 2.24) is 15.2 Å². The standard InChI is InChI=1S/C14H18BrClN4/c1-8-5-4-6-10(13(8)15)12(18-17)7-11-9(2)19-20(3)14(11)16/h4-6,12,18H,7,17H2,1-3H3. The van der Waals surface area contributed by atoms with Crippen molar-refractivity contribution in [1.29, 1.82) is 0 Å². The van der Waals surface area contributed by atoms with Crippen molar-refractivity contribution in [3.8, 4) is 0 Å². The average Bonchev–Trinajstić information content (AvgIpc) is 2.65. The Hall–Kier alpha value is -0.880. The molecule has 0 saturated carbocycles. The number of rotatable bonds is 4. The van der Waals surface area contributed by atoms with Gasteiger partial charge in [0.1, 0.15) is 5.15 Å². The highest BCUT2D eigenvalue weighted by molar-refractivity contribution is 9.10. The van der Waals surface area contributed by atoms with Gasteiger partial charge in [-0.3, -0.25) is 16.0 Å². The minimum absolute atomic E-state index is 0.0234. The van der Waals surface area contributed by atoms with Gasteiger partial charge in [0.15, 0.2) is 0 Å². The second-order valence-electron chi connectivity index (χ2n) is 4.88. The van der Waals surface area contributed by atoms with Crippen LogP contribution in [0.2, 0.25) is 5.15 Å². The third-order valence-corrected chi connectivity index (χ3v) is 5.03. The largest absolute Gasteiger partial charge is 0.271 e. The van der Waals surface area contributed by atoms with Crippen LogP contribution in [-0.4, -0.2) is 9.78 Å². The van der Waals surface area contributed by atoms with Crippen molar-refractivity contribution in [3.05, 3.63) is 50.2 Å². The number of hydrogen-bond donors (Lipinski definition) is 2. The molecule has 1 atom stereocenters. The molecule has 0 fully saturated rings. The summed E-state index contributed by atoms with van der Waals surface area (Å²) in [7, 11) is 1.84. The minimum atomic E-state index is -0.0234. The Bertz CT molecular complexity index is 624. The van der Waals surface area contributed by atoms with E-state index in [9.17, 15) is 0 Å². The van der Waals surface area contributed by atoms with Crippen molar-refractivity contribution in [3.63, 3.8) is 0 Å². The van der Waals surface area contributed by atoms with E-state index < -0.39 is 0 Å². The molecule has 0 aliphatic carbocycles. The summed E-state index contributed by atoms with van der Waals surface area (Å²) in [5, 5.41) is 4.99. The maximum atomic E-state index is 6.29. The Kier molecular flexibility index (Phi) is 4.86. The molecule has 0 saturated heterocycles. The first-order chi connectivity index (χ1) is 9.45. The molecule has 3 N–H and O–H groups in total. The van der Waals surface area contributed by atoms with E-state index >= 15 is 0 Å². The number of nitrogens with two attached hydrogens (primary N) is 1. The molecule has 0 aliphatic heterocycles. The molecule has 0 radical (unpaired) electrons. The molecule has 2 rings (SSSR count). The van der Waals surface area contributed by atoms with Crippen molar-refractivity contribution in [2.45, 2.75) is 26.3 Å². The lowest BCUT2D eigenvalue weighted by Crippen LogP contribution is -2.30. The molecule has 4 nitrogen and oxygen atoms in total. The number of hydrogen-bond acceptors (Lipinski definition) is 3. The van der Waals surface area contributed by atoms with Crippen LogP contribution < -0.4 is 11.3 Å². The Labute approximate surface area is 132 Å². The lowest BCUT2D eigenvalue weighted by Gasteiger charge is -2.19. The topological polar surface area (TPSA) is 55.9 Å². The molecule has 1 aromatic carbocycles.